The summed E-state index contributed by atoms with van der Waals surface area (Å²) in [5.41, 5.74) is 1.10. The van der Waals surface area contributed by atoms with E-state index in [4.69, 9.17) is 19.2 Å². The van der Waals surface area contributed by atoms with Crippen molar-refractivity contribution in [2.24, 2.45) is 10.9 Å². The lowest BCUT2D eigenvalue weighted by Gasteiger charge is -2.35. The van der Waals surface area contributed by atoms with Crippen LogP contribution in [0.25, 0.3) is 0 Å². The van der Waals surface area contributed by atoms with Gasteiger partial charge in [0.15, 0.2) is 5.96 Å². The molecule has 8 heteroatoms. The number of halogens is 1. The average molecular weight is 559 g/mol. The third-order valence-electron chi connectivity index (χ3n) is 6.24. The zero-order valence-corrected chi connectivity index (χ0v) is 21.7. The normalized spacial score (nSPS) is 22.3. The average Bonchev–Trinajstić information content (AvgIpc) is 3.65. The van der Waals surface area contributed by atoms with Gasteiger partial charge in [0.05, 0.1) is 32.0 Å². The Morgan fingerprint density at radius 3 is 2.66 bits per heavy atom. The number of rotatable bonds is 9. The van der Waals surface area contributed by atoms with E-state index in [9.17, 15) is 0 Å². The van der Waals surface area contributed by atoms with Gasteiger partial charge in [-0.05, 0) is 63.4 Å². The molecule has 1 aliphatic carbocycles. The van der Waals surface area contributed by atoms with Gasteiger partial charge in [-0.1, -0.05) is 6.07 Å². The lowest BCUT2D eigenvalue weighted by molar-refractivity contribution is -0.0721. The zero-order chi connectivity index (χ0) is 21.3. The van der Waals surface area contributed by atoms with E-state index in [1.165, 1.54) is 25.7 Å². The van der Waals surface area contributed by atoms with E-state index in [-0.39, 0.29) is 24.0 Å². The molecule has 1 atom stereocenters. The molecule has 1 unspecified atom stereocenters. The van der Waals surface area contributed by atoms with Crippen molar-refractivity contribution in [3.63, 3.8) is 0 Å². The SMILES string of the molecule is CCNC(=NCc1ccc(OCC2CC2)nc1)N1CCC(OCC2CCCCO2)CC1.I. The number of aliphatic imine (C=N–C) groups is 1. The Morgan fingerprint density at radius 2 is 2.00 bits per heavy atom. The summed E-state index contributed by atoms with van der Waals surface area (Å²) in [4.78, 5) is 11.6. The van der Waals surface area contributed by atoms with Gasteiger partial charge in [-0.25, -0.2) is 9.98 Å². The second-order valence-electron chi connectivity index (χ2n) is 8.94. The van der Waals surface area contributed by atoms with Crippen LogP contribution in [0, 0.1) is 5.92 Å². The summed E-state index contributed by atoms with van der Waals surface area (Å²) in [7, 11) is 0. The van der Waals surface area contributed by atoms with Crippen molar-refractivity contribution >= 4 is 29.9 Å². The molecule has 1 aromatic heterocycles. The molecule has 3 aliphatic rings. The van der Waals surface area contributed by atoms with Crippen molar-refractivity contribution in [2.75, 3.05) is 39.5 Å². The Morgan fingerprint density at radius 1 is 1.16 bits per heavy atom. The molecule has 0 aromatic carbocycles. The fourth-order valence-electron chi connectivity index (χ4n) is 4.09. The second-order valence-corrected chi connectivity index (χ2v) is 8.94. The predicted molar refractivity (Wildman–Crippen MR) is 137 cm³/mol. The number of piperidine rings is 1. The van der Waals surface area contributed by atoms with E-state index in [0.29, 0.717) is 24.6 Å². The Kier molecular flexibility index (Phi) is 10.8. The number of pyridine rings is 1. The van der Waals surface area contributed by atoms with Crippen LogP contribution in [-0.2, 0) is 16.0 Å². The van der Waals surface area contributed by atoms with Gasteiger partial charge in [0.25, 0.3) is 0 Å². The Labute approximate surface area is 209 Å². The number of likely N-dealkylation sites (tertiary alicyclic amines) is 1. The number of hydrogen-bond acceptors (Lipinski definition) is 5. The highest BCUT2D eigenvalue weighted by Gasteiger charge is 2.24. The largest absolute Gasteiger partial charge is 0.477 e. The van der Waals surface area contributed by atoms with E-state index >= 15 is 0 Å². The zero-order valence-electron chi connectivity index (χ0n) is 19.3. The van der Waals surface area contributed by atoms with Gasteiger partial charge in [0, 0.05) is 38.5 Å². The summed E-state index contributed by atoms with van der Waals surface area (Å²) in [6.45, 7) is 7.95. The van der Waals surface area contributed by atoms with Crippen LogP contribution in [0.4, 0.5) is 0 Å². The van der Waals surface area contributed by atoms with Crippen LogP contribution in [0.5, 0.6) is 5.88 Å². The van der Waals surface area contributed by atoms with Crippen LogP contribution in [0.2, 0.25) is 0 Å². The van der Waals surface area contributed by atoms with Crippen LogP contribution in [0.3, 0.4) is 0 Å². The third kappa shape index (κ3) is 8.33. The molecule has 0 amide bonds. The van der Waals surface area contributed by atoms with Gasteiger partial charge in [0.1, 0.15) is 0 Å². The molecule has 7 nitrogen and oxygen atoms in total. The van der Waals surface area contributed by atoms with Crippen LogP contribution < -0.4 is 10.1 Å². The van der Waals surface area contributed by atoms with Crippen LogP contribution >= 0.6 is 24.0 Å². The maximum absolute atomic E-state index is 6.16. The molecule has 0 radical (unpaired) electrons. The lowest BCUT2D eigenvalue weighted by Crippen LogP contribution is -2.47. The lowest BCUT2D eigenvalue weighted by atomic mass is 10.1. The van der Waals surface area contributed by atoms with Crippen LogP contribution in [0.1, 0.15) is 57.4 Å². The smallest absolute Gasteiger partial charge is 0.213 e. The van der Waals surface area contributed by atoms with Gasteiger partial charge >= 0.3 is 0 Å². The monoisotopic (exact) mass is 558 g/mol. The van der Waals surface area contributed by atoms with E-state index in [1.807, 2.05) is 12.3 Å². The number of guanidine groups is 1. The maximum Gasteiger partial charge on any atom is 0.213 e. The first-order valence-corrected chi connectivity index (χ1v) is 12.1. The molecule has 32 heavy (non-hydrogen) atoms. The van der Waals surface area contributed by atoms with E-state index in [1.54, 1.807) is 0 Å². The Bertz CT molecular complexity index is 685. The summed E-state index contributed by atoms with van der Waals surface area (Å²) < 4.78 is 17.7. The molecule has 0 bridgehead atoms. The van der Waals surface area contributed by atoms with E-state index < -0.39 is 0 Å². The van der Waals surface area contributed by atoms with Crippen molar-refractivity contribution in [1.82, 2.24) is 15.2 Å². The molecule has 3 fully saturated rings. The van der Waals surface area contributed by atoms with Gasteiger partial charge < -0.3 is 24.4 Å². The summed E-state index contributed by atoms with van der Waals surface area (Å²) >= 11 is 0. The minimum atomic E-state index is 0. The van der Waals surface area contributed by atoms with Gasteiger partial charge in [-0.15, -0.1) is 24.0 Å². The van der Waals surface area contributed by atoms with Gasteiger partial charge in [-0.3, -0.25) is 0 Å². The van der Waals surface area contributed by atoms with Crippen molar-refractivity contribution in [2.45, 2.75) is 70.6 Å². The highest BCUT2D eigenvalue weighted by atomic mass is 127. The van der Waals surface area contributed by atoms with Crippen molar-refractivity contribution < 1.29 is 14.2 Å². The molecular formula is C24H39IN4O3. The highest BCUT2D eigenvalue weighted by Crippen LogP contribution is 2.29. The second kappa shape index (κ2) is 13.5. The molecule has 1 N–H and O–H groups in total. The molecular weight excluding hydrogens is 519 g/mol. The highest BCUT2D eigenvalue weighted by molar-refractivity contribution is 14.0. The number of aromatic nitrogens is 1. The first-order chi connectivity index (χ1) is 15.3. The minimum absolute atomic E-state index is 0. The van der Waals surface area contributed by atoms with Gasteiger partial charge in [-0.2, -0.15) is 0 Å². The standard InChI is InChI=1S/C24H38N4O3.HI/c1-2-25-24(27-16-20-8-9-23(26-15-20)31-17-19-6-7-19)28-12-10-21(11-13-28)30-18-22-5-3-4-14-29-22;/h8-9,15,19,21-22H,2-7,10-14,16-18H2,1H3,(H,25,27);1H. The topological polar surface area (TPSA) is 68.2 Å². The minimum Gasteiger partial charge on any atom is -0.477 e. The summed E-state index contributed by atoms with van der Waals surface area (Å²) in [5, 5.41) is 3.44. The van der Waals surface area contributed by atoms with Crippen LogP contribution in [-0.4, -0.2) is 67.5 Å². The molecule has 1 saturated carbocycles. The first-order valence-electron chi connectivity index (χ1n) is 12.1. The molecule has 180 valence electrons. The molecule has 3 heterocycles. The number of nitrogens with zero attached hydrogens (tertiary/aromatic N) is 3. The van der Waals surface area contributed by atoms with Gasteiger partial charge in [0.2, 0.25) is 5.88 Å². The maximum atomic E-state index is 6.16. The fraction of sp³-hybridized carbons (Fsp3) is 0.750. The molecule has 0 spiro atoms. The number of hydrogen-bond donors (Lipinski definition) is 1. The predicted octanol–water partition coefficient (Wildman–Crippen LogP) is 4.00. The van der Waals surface area contributed by atoms with Crippen molar-refractivity contribution in [1.29, 1.82) is 0 Å². The number of ether oxygens (including phenoxy) is 3. The Hall–Kier alpha value is -1.13. The summed E-state index contributed by atoms with van der Waals surface area (Å²) in [5.74, 6) is 2.43. The third-order valence-corrected chi connectivity index (χ3v) is 6.24. The van der Waals surface area contributed by atoms with Crippen molar-refractivity contribution in [3.8, 4) is 5.88 Å². The number of nitrogens with one attached hydrogen (secondary N) is 1. The quantitative estimate of drug-likeness (QED) is 0.281. The summed E-state index contributed by atoms with van der Waals surface area (Å²) in [6.07, 6.45) is 10.7. The molecule has 4 rings (SSSR count). The van der Waals surface area contributed by atoms with Crippen LogP contribution in [0.15, 0.2) is 23.3 Å². The van der Waals surface area contributed by atoms with Crippen molar-refractivity contribution in [3.05, 3.63) is 23.9 Å². The Balaban J connectivity index is 0.00000289. The molecule has 2 aliphatic heterocycles. The van der Waals surface area contributed by atoms with E-state index in [2.05, 4.69) is 28.2 Å². The molecule has 2 saturated heterocycles. The van der Waals surface area contributed by atoms with E-state index in [0.717, 1.165) is 76.2 Å². The fourth-order valence-corrected chi connectivity index (χ4v) is 4.09. The first kappa shape index (κ1) is 25.5. The molecule has 1 aromatic rings. The summed E-state index contributed by atoms with van der Waals surface area (Å²) in [6, 6.07) is 4.02.